The molecule has 0 aromatic heterocycles. The fourth-order valence-corrected chi connectivity index (χ4v) is 3.37. The number of nitriles is 1. The predicted molar refractivity (Wildman–Crippen MR) is 79.0 cm³/mol. The summed E-state index contributed by atoms with van der Waals surface area (Å²) in [5.41, 5.74) is 0. The molecule has 2 atom stereocenters. The number of amides is 1. The highest BCUT2D eigenvalue weighted by molar-refractivity contribution is 5.76. The Labute approximate surface area is 122 Å². The topological polar surface area (TPSA) is 56.1 Å². The molecule has 1 saturated carbocycles. The summed E-state index contributed by atoms with van der Waals surface area (Å²) in [5, 5.41) is 12.7. The second kappa shape index (κ2) is 8.26. The normalized spacial score (nSPS) is 27.6. The lowest BCUT2D eigenvalue weighted by Crippen LogP contribution is -2.40. The van der Waals surface area contributed by atoms with E-state index in [1.165, 1.54) is 25.7 Å². The van der Waals surface area contributed by atoms with Crippen LogP contribution in [0.3, 0.4) is 0 Å². The maximum absolute atomic E-state index is 12.1. The van der Waals surface area contributed by atoms with Crippen LogP contribution in [-0.2, 0) is 4.79 Å². The van der Waals surface area contributed by atoms with Crippen molar-refractivity contribution in [3.05, 3.63) is 0 Å². The predicted octanol–water partition coefficient (Wildman–Crippen LogP) is 2.45. The van der Waals surface area contributed by atoms with Crippen molar-refractivity contribution in [3.63, 3.8) is 0 Å². The Hall–Kier alpha value is -1.08. The maximum Gasteiger partial charge on any atom is 0.223 e. The smallest absolute Gasteiger partial charge is 0.223 e. The van der Waals surface area contributed by atoms with E-state index in [0.29, 0.717) is 6.42 Å². The molecule has 0 radical (unpaired) electrons. The van der Waals surface area contributed by atoms with Gasteiger partial charge in [0.2, 0.25) is 5.91 Å². The van der Waals surface area contributed by atoms with Crippen LogP contribution in [0.5, 0.6) is 0 Å². The molecular formula is C16H27N3O. The summed E-state index contributed by atoms with van der Waals surface area (Å²) >= 11 is 0. The molecule has 2 fully saturated rings. The van der Waals surface area contributed by atoms with E-state index in [1.54, 1.807) is 0 Å². The van der Waals surface area contributed by atoms with Crippen LogP contribution < -0.4 is 5.32 Å². The second-order valence-corrected chi connectivity index (χ2v) is 6.13. The molecule has 2 aliphatic rings. The quantitative estimate of drug-likeness (QED) is 0.803. The van der Waals surface area contributed by atoms with Gasteiger partial charge in [0, 0.05) is 32.1 Å². The number of hydrogen-bond acceptors (Lipinski definition) is 3. The number of hydrogen-bond donors (Lipinski definition) is 1. The van der Waals surface area contributed by atoms with Crippen LogP contribution in [0, 0.1) is 17.2 Å². The molecule has 2 rings (SSSR count). The van der Waals surface area contributed by atoms with Crippen molar-refractivity contribution >= 4 is 5.91 Å². The van der Waals surface area contributed by atoms with E-state index in [4.69, 9.17) is 0 Å². The molecular weight excluding hydrogens is 250 g/mol. The summed E-state index contributed by atoms with van der Waals surface area (Å²) in [6, 6.07) is 2.73. The van der Waals surface area contributed by atoms with E-state index in [2.05, 4.69) is 11.4 Å². The Morgan fingerprint density at radius 2 is 1.80 bits per heavy atom. The zero-order valence-electron chi connectivity index (χ0n) is 12.4. The number of likely N-dealkylation sites (tertiary alicyclic amines) is 1. The molecule has 1 aliphatic heterocycles. The Morgan fingerprint density at radius 3 is 2.55 bits per heavy atom. The zero-order chi connectivity index (χ0) is 14.2. The Kier molecular flexibility index (Phi) is 6.32. The number of nitrogens with zero attached hydrogens (tertiary/aromatic N) is 2. The van der Waals surface area contributed by atoms with Gasteiger partial charge in [-0.15, -0.1) is 0 Å². The minimum atomic E-state index is 0.127. The molecule has 1 amide bonds. The lowest BCUT2D eigenvalue weighted by atomic mass is 9.96. The van der Waals surface area contributed by atoms with Gasteiger partial charge in [0.05, 0.1) is 12.0 Å². The number of rotatable bonds is 4. The van der Waals surface area contributed by atoms with Gasteiger partial charge in [0.25, 0.3) is 0 Å². The van der Waals surface area contributed by atoms with Crippen molar-refractivity contribution in [2.75, 3.05) is 19.6 Å². The van der Waals surface area contributed by atoms with Crippen molar-refractivity contribution in [2.45, 2.75) is 63.8 Å². The van der Waals surface area contributed by atoms with E-state index in [-0.39, 0.29) is 17.9 Å². The van der Waals surface area contributed by atoms with Crippen LogP contribution in [0.1, 0.15) is 57.8 Å². The van der Waals surface area contributed by atoms with Crippen LogP contribution in [-0.4, -0.2) is 36.5 Å². The van der Waals surface area contributed by atoms with Gasteiger partial charge < -0.3 is 10.2 Å². The van der Waals surface area contributed by atoms with E-state index < -0.39 is 0 Å². The van der Waals surface area contributed by atoms with E-state index in [1.807, 2.05) is 4.90 Å². The number of carbonyl (C=O) groups excluding carboxylic acids is 1. The first-order valence-electron chi connectivity index (χ1n) is 8.22. The van der Waals surface area contributed by atoms with Crippen molar-refractivity contribution in [1.82, 2.24) is 10.2 Å². The Balaban J connectivity index is 1.70. The third-order valence-corrected chi connectivity index (χ3v) is 4.64. The average Bonchev–Trinajstić information content (AvgIpc) is 2.73. The van der Waals surface area contributed by atoms with Gasteiger partial charge in [0.15, 0.2) is 0 Å². The molecule has 4 heteroatoms. The van der Waals surface area contributed by atoms with Crippen molar-refractivity contribution in [1.29, 1.82) is 5.26 Å². The minimum absolute atomic E-state index is 0.127. The van der Waals surface area contributed by atoms with Gasteiger partial charge in [-0.05, 0) is 32.1 Å². The van der Waals surface area contributed by atoms with Crippen LogP contribution >= 0.6 is 0 Å². The number of carbonyl (C=O) groups is 1. The average molecular weight is 277 g/mol. The van der Waals surface area contributed by atoms with Crippen LogP contribution in [0.2, 0.25) is 0 Å². The van der Waals surface area contributed by atoms with E-state index in [0.717, 1.165) is 45.3 Å². The fraction of sp³-hybridized carbons (Fsp3) is 0.875. The van der Waals surface area contributed by atoms with E-state index in [9.17, 15) is 10.1 Å². The highest BCUT2D eigenvalue weighted by Crippen LogP contribution is 2.22. The molecule has 1 heterocycles. The molecule has 1 aliphatic carbocycles. The molecule has 0 bridgehead atoms. The SMILES string of the molecule is N#CC1CCCCCC1NCCC(=O)N1CCCCC1. The molecule has 4 nitrogen and oxygen atoms in total. The molecule has 0 aromatic carbocycles. The number of piperidine rings is 1. The number of nitrogens with one attached hydrogen (secondary N) is 1. The zero-order valence-corrected chi connectivity index (χ0v) is 12.4. The van der Waals surface area contributed by atoms with Crippen LogP contribution in [0.4, 0.5) is 0 Å². The summed E-state index contributed by atoms with van der Waals surface area (Å²) in [4.78, 5) is 14.1. The minimum Gasteiger partial charge on any atom is -0.343 e. The highest BCUT2D eigenvalue weighted by atomic mass is 16.2. The van der Waals surface area contributed by atoms with Crippen LogP contribution in [0.25, 0.3) is 0 Å². The van der Waals surface area contributed by atoms with Gasteiger partial charge in [-0.3, -0.25) is 4.79 Å². The van der Waals surface area contributed by atoms with Crippen LogP contribution in [0.15, 0.2) is 0 Å². The molecule has 1 N–H and O–H groups in total. The van der Waals surface area contributed by atoms with Crippen molar-refractivity contribution < 1.29 is 4.79 Å². The molecule has 20 heavy (non-hydrogen) atoms. The summed E-state index contributed by atoms with van der Waals surface area (Å²) < 4.78 is 0. The first-order chi connectivity index (χ1) is 9.81. The van der Waals surface area contributed by atoms with Crippen molar-refractivity contribution in [2.24, 2.45) is 5.92 Å². The first kappa shape index (κ1) is 15.3. The van der Waals surface area contributed by atoms with Gasteiger partial charge >= 0.3 is 0 Å². The van der Waals surface area contributed by atoms with Crippen molar-refractivity contribution in [3.8, 4) is 6.07 Å². The largest absolute Gasteiger partial charge is 0.343 e. The second-order valence-electron chi connectivity index (χ2n) is 6.13. The third kappa shape index (κ3) is 4.49. The van der Waals surface area contributed by atoms with Gasteiger partial charge in [-0.25, -0.2) is 0 Å². The fourth-order valence-electron chi connectivity index (χ4n) is 3.37. The molecule has 1 saturated heterocycles. The summed E-state index contributed by atoms with van der Waals surface area (Å²) in [5.74, 6) is 0.405. The lowest BCUT2D eigenvalue weighted by molar-refractivity contribution is -0.132. The molecule has 0 aromatic rings. The van der Waals surface area contributed by atoms with Gasteiger partial charge in [-0.2, -0.15) is 5.26 Å². The lowest BCUT2D eigenvalue weighted by Gasteiger charge is -2.27. The third-order valence-electron chi connectivity index (χ3n) is 4.64. The molecule has 112 valence electrons. The standard InChI is InChI=1S/C16H27N3O/c17-13-14-7-3-1-4-8-15(14)18-10-9-16(20)19-11-5-2-6-12-19/h14-15,18H,1-12H2. The molecule has 2 unspecified atom stereocenters. The summed E-state index contributed by atoms with van der Waals surface area (Å²) in [6.07, 6.45) is 9.84. The van der Waals surface area contributed by atoms with Gasteiger partial charge in [0.1, 0.15) is 0 Å². The Morgan fingerprint density at radius 1 is 1.10 bits per heavy atom. The summed E-state index contributed by atoms with van der Waals surface area (Å²) in [7, 11) is 0. The summed E-state index contributed by atoms with van der Waals surface area (Å²) in [6.45, 7) is 2.59. The highest BCUT2D eigenvalue weighted by Gasteiger charge is 2.23. The Bertz CT molecular complexity index is 344. The van der Waals surface area contributed by atoms with E-state index >= 15 is 0 Å². The molecule has 0 spiro atoms. The first-order valence-corrected chi connectivity index (χ1v) is 8.22. The maximum atomic E-state index is 12.1. The monoisotopic (exact) mass is 277 g/mol. The van der Waals surface area contributed by atoms with Gasteiger partial charge in [-0.1, -0.05) is 19.3 Å².